The Kier molecular flexibility index (Phi) is 3.34. The lowest BCUT2D eigenvalue weighted by molar-refractivity contribution is 0.317. The molecule has 1 aliphatic rings. The van der Waals surface area contributed by atoms with Crippen molar-refractivity contribution in [1.82, 2.24) is 0 Å². The quantitative estimate of drug-likeness (QED) is 0.591. The van der Waals surface area contributed by atoms with E-state index in [2.05, 4.69) is 5.16 Å². The smallest absolute Gasteiger partial charge is 0.0902 e. The summed E-state index contributed by atoms with van der Waals surface area (Å²) in [5.74, 6) is 0.0511. The molecule has 0 radical (unpaired) electrons. The van der Waals surface area contributed by atoms with Crippen molar-refractivity contribution < 1.29 is 5.21 Å². The maximum Gasteiger partial charge on any atom is 0.0902 e. The molecule has 1 aromatic rings. The Bertz CT molecular complexity index is 455. The van der Waals surface area contributed by atoms with Gasteiger partial charge in [-0.1, -0.05) is 65.9 Å². The van der Waals surface area contributed by atoms with Gasteiger partial charge in [-0.05, 0) is 11.6 Å². The molecule has 1 aromatic carbocycles. The molecule has 0 saturated carbocycles. The SMILES string of the molecule is ON=C1C=CC=CC1C=Cc1ccccc1. The van der Waals surface area contributed by atoms with Crippen molar-refractivity contribution >= 4 is 11.8 Å². The van der Waals surface area contributed by atoms with Crippen molar-refractivity contribution in [3.05, 3.63) is 66.3 Å². The molecule has 2 nitrogen and oxygen atoms in total. The lowest BCUT2D eigenvalue weighted by Gasteiger charge is -2.09. The van der Waals surface area contributed by atoms with Gasteiger partial charge in [0, 0.05) is 5.92 Å². The molecule has 0 fully saturated rings. The summed E-state index contributed by atoms with van der Waals surface area (Å²) in [6.07, 6.45) is 11.7. The van der Waals surface area contributed by atoms with Crippen LogP contribution in [0.5, 0.6) is 0 Å². The zero-order valence-corrected chi connectivity index (χ0v) is 8.82. The van der Waals surface area contributed by atoms with Crippen LogP contribution in [0.25, 0.3) is 6.08 Å². The lowest BCUT2D eigenvalue weighted by Crippen LogP contribution is -2.09. The van der Waals surface area contributed by atoms with E-state index in [1.165, 1.54) is 0 Å². The highest BCUT2D eigenvalue weighted by Crippen LogP contribution is 2.13. The van der Waals surface area contributed by atoms with Crippen LogP contribution >= 0.6 is 0 Å². The number of hydrogen-bond donors (Lipinski definition) is 1. The van der Waals surface area contributed by atoms with Gasteiger partial charge in [0.2, 0.25) is 0 Å². The molecule has 80 valence electrons. The van der Waals surface area contributed by atoms with Gasteiger partial charge in [0.15, 0.2) is 0 Å². The van der Waals surface area contributed by atoms with Crippen LogP contribution in [0.1, 0.15) is 5.56 Å². The van der Waals surface area contributed by atoms with Crippen molar-refractivity contribution in [2.45, 2.75) is 0 Å². The van der Waals surface area contributed by atoms with Gasteiger partial charge in [-0.25, -0.2) is 0 Å². The van der Waals surface area contributed by atoms with Crippen LogP contribution in [0, 0.1) is 5.92 Å². The van der Waals surface area contributed by atoms with Crippen molar-refractivity contribution in [3.63, 3.8) is 0 Å². The first-order valence-electron chi connectivity index (χ1n) is 5.20. The highest BCUT2D eigenvalue weighted by Gasteiger charge is 2.09. The van der Waals surface area contributed by atoms with Crippen LogP contribution in [0.15, 0.2) is 65.9 Å². The molecule has 0 aromatic heterocycles. The second-order valence-electron chi connectivity index (χ2n) is 3.56. The summed E-state index contributed by atoms with van der Waals surface area (Å²) in [6, 6.07) is 10.1. The number of allylic oxidation sites excluding steroid dienone is 5. The molecule has 2 heteroatoms. The topological polar surface area (TPSA) is 32.6 Å². The van der Waals surface area contributed by atoms with E-state index in [0.717, 1.165) is 5.56 Å². The second-order valence-corrected chi connectivity index (χ2v) is 3.56. The standard InChI is InChI=1S/C14H13NO/c16-15-14-9-5-4-8-13(14)11-10-12-6-2-1-3-7-12/h1-11,13,16H. The Balaban J connectivity index is 2.13. The molecule has 1 atom stereocenters. The summed E-state index contributed by atoms with van der Waals surface area (Å²) >= 11 is 0. The highest BCUT2D eigenvalue weighted by atomic mass is 16.4. The van der Waals surface area contributed by atoms with E-state index in [1.54, 1.807) is 6.08 Å². The van der Waals surface area contributed by atoms with Crippen molar-refractivity contribution in [2.24, 2.45) is 11.1 Å². The third-order valence-corrected chi connectivity index (χ3v) is 2.45. The second kappa shape index (κ2) is 5.12. The van der Waals surface area contributed by atoms with Gasteiger partial charge in [0.25, 0.3) is 0 Å². The number of hydrogen-bond acceptors (Lipinski definition) is 2. The number of nitrogens with zero attached hydrogens (tertiary/aromatic N) is 1. The Morgan fingerprint density at radius 3 is 2.69 bits per heavy atom. The van der Waals surface area contributed by atoms with Crippen molar-refractivity contribution in [1.29, 1.82) is 0 Å². The molecule has 2 rings (SSSR count). The molecule has 1 aliphatic carbocycles. The van der Waals surface area contributed by atoms with E-state index in [4.69, 9.17) is 5.21 Å². The largest absolute Gasteiger partial charge is 0.411 e. The molecule has 0 spiro atoms. The maximum absolute atomic E-state index is 8.83. The van der Waals surface area contributed by atoms with Gasteiger partial charge in [-0.15, -0.1) is 0 Å². The van der Waals surface area contributed by atoms with E-state index in [-0.39, 0.29) is 5.92 Å². The van der Waals surface area contributed by atoms with E-state index in [9.17, 15) is 0 Å². The van der Waals surface area contributed by atoms with Crippen LogP contribution in [-0.2, 0) is 0 Å². The van der Waals surface area contributed by atoms with Crippen LogP contribution < -0.4 is 0 Å². The molecular formula is C14H13NO. The molecule has 0 saturated heterocycles. The zero-order valence-electron chi connectivity index (χ0n) is 8.82. The third-order valence-electron chi connectivity index (χ3n) is 2.45. The normalized spacial score (nSPS) is 22.0. The first kappa shape index (κ1) is 10.4. The minimum absolute atomic E-state index is 0.0511. The third kappa shape index (κ3) is 2.48. The number of benzene rings is 1. The van der Waals surface area contributed by atoms with Gasteiger partial charge in [-0.2, -0.15) is 0 Å². The molecule has 0 bridgehead atoms. The Hall–Kier alpha value is -2.09. The van der Waals surface area contributed by atoms with Crippen molar-refractivity contribution in [3.8, 4) is 0 Å². The average molecular weight is 211 g/mol. The first-order valence-corrected chi connectivity index (χ1v) is 5.20. The summed E-state index contributed by atoms with van der Waals surface area (Å²) in [6.45, 7) is 0. The predicted molar refractivity (Wildman–Crippen MR) is 66.5 cm³/mol. The molecule has 0 heterocycles. The summed E-state index contributed by atoms with van der Waals surface area (Å²) < 4.78 is 0. The molecule has 1 N–H and O–H groups in total. The fourth-order valence-corrected chi connectivity index (χ4v) is 1.59. The summed E-state index contributed by atoms with van der Waals surface area (Å²) in [5, 5.41) is 12.1. The monoisotopic (exact) mass is 211 g/mol. The Morgan fingerprint density at radius 2 is 1.94 bits per heavy atom. The van der Waals surface area contributed by atoms with E-state index < -0.39 is 0 Å². The zero-order chi connectivity index (χ0) is 11.2. The molecule has 0 aliphatic heterocycles. The Morgan fingerprint density at radius 1 is 1.12 bits per heavy atom. The van der Waals surface area contributed by atoms with Gasteiger partial charge in [0.1, 0.15) is 0 Å². The fourth-order valence-electron chi connectivity index (χ4n) is 1.59. The van der Waals surface area contributed by atoms with Crippen molar-refractivity contribution in [2.75, 3.05) is 0 Å². The summed E-state index contributed by atoms with van der Waals surface area (Å²) in [4.78, 5) is 0. The van der Waals surface area contributed by atoms with E-state index in [1.807, 2.05) is 60.7 Å². The average Bonchev–Trinajstić information content (AvgIpc) is 2.38. The fraction of sp³-hybridized carbons (Fsp3) is 0.0714. The molecule has 1 unspecified atom stereocenters. The number of oxime groups is 1. The minimum atomic E-state index is 0.0511. The maximum atomic E-state index is 8.83. The van der Waals surface area contributed by atoms with E-state index in [0.29, 0.717) is 5.71 Å². The van der Waals surface area contributed by atoms with Crippen LogP contribution in [-0.4, -0.2) is 10.9 Å². The number of rotatable bonds is 2. The summed E-state index contributed by atoms with van der Waals surface area (Å²) in [7, 11) is 0. The predicted octanol–water partition coefficient (Wildman–Crippen LogP) is 3.27. The minimum Gasteiger partial charge on any atom is -0.411 e. The summed E-state index contributed by atoms with van der Waals surface area (Å²) in [5.41, 5.74) is 1.80. The highest BCUT2D eigenvalue weighted by molar-refractivity contribution is 6.00. The first-order chi connectivity index (χ1) is 7.90. The van der Waals surface area contributed by atoms with Gasteiger partial charge in [0.05, 0.1) is 5.71 Å². The lowest BCUT2D eigenvalue weighted by atomic mass is 9.97. The van der Waals surface area contributed by atoms with Gasteiger partial charge >= 0.3 is 0 Å². The van der Waals surface area contributed by atoms with E-state index >= 15 is 0 Å². The van der Waals surface area contributed by atoms with Crippen LogP contribution in [0.4, 0.5) is 0 Å². The van der Waals surface area contributed by atoms with Gasteiger partial charge in [-0.3, -0.25) is 0 Å². The van der Waals surface area contributed by atoms with Crippen LogP contribution in [0.3, 0.4) is 0 Å². The molecule has 0 amide bonds. The molecule has 16 heavy (non-hydrogen) atoms. The Labute approximate surface area is 94.9 Å². The molecular weight excluding hydrogens is 198 g/mol. The van der Waals surface area contributed by atoms with Crippen LogP contribution in [0.2, 0.25) is 0 Å². The van der Waals surface area contributed by atoms with Gasteiger partial charge < -0.3 is 5.21 Å².